The van der Waals surface area contributed by atoms with Gasteiger partial charge in [0.25, 0.3) is 0 Å². The van der Waals surface area contributed by atoms with E-state index in [0.717, 1.165) is 12.5 Å². The smallest absolute Gasteiger partial charge is 0.414 e. The zero-order valence-electron chi connectivity index (χ0n) is 11.0. The van der Waals surface area contributed by atoms with E-state index in [2.05, 4.69) is 4.74 Å². The molecule has 0 saturated heterocycles. The van der Waals surface area contributed by atoms with Gasteiger partial charge in [0, 0.05) is 5.56 Å². The maximum Gasteiger partial charge on any atom is 0.414 e. The summed E-state index contributed by atoms with van der Waals surface area (Å²) < 4.78 is 46.5. The average Bonchev–Trinajstić information content (AvgIpc) is 2.34. The fourth-order valence-corrected chi connectivity index (χ4v) is 1.53. The molecule has 3 nitrogen and oxygen atoms in total. The second kappa shape index (κ2) is 6.25. The highest BCUT2D eigenvalue weighted by Gasteiger charge is 2.37. The van der Waals surface area contributed by atoms with Crippen LogP contribution in [0, 0.1) is 6.92 Å². The van der Waals surface area contributed by atoms with Crippen LogP contribution >= 0.6 is 0 Å². The second-order valence-electron chi connectivity index (χ2n) is 4.28. The Morgan fingerprint density at radius 3 is 2.47 bits per heavy atom. The van der Waals surface area contributed by atoms with Crippen molar-refractivity contribution in [1.82, 2.24) is 0 Å². The fraction of sp³-hybridized carbons (Fsp3) is 0.538. The monoisotopic (exact) mass is 278 g/mol. The molecule has 2 atom stereocenters. The number of aliphatic hydroxyl groups excluding tert-OH is 1. The number of ether oxygens (including phenoxy) is 2. The third kappa shape index (κ3) is 4.40. The van der Waals surface area contributed by atoms with Crippen LogP contribution in [0.4, 0.5) is 13.2 Å². The molecule has 0 bridgehead atoms. The van der Waals surface area contributed by atoms with Gasteiger partial charge in [-0.1, -0.05) is 11.6 Å². The summed E-state index contributed by atoms with van der Waals surface area (Å²) >= 11 is 0. The number of aliphatic hydroxyl groups is 1. The number of alkyl halides is 3. The van der Waals surface area contributed by atoms with Crippen molar-refractivity contribution in [2.45, 2.75) is 32.2 Å². The molecule has 0 aliphatic carbocycles. The van der Waals surface area contributed by atoms with E-state index in [4.69, 9.17) is 4.74 Å². The van der Waals surface area contributed by atoms with Gasteiger partial charge in [0.1, 0.15) is 11.9 Å². The highest BCUT2D eigenvalue weighted by Crippen LogP contribution is 2.28. The van der Waals surface area contributed by atoms with Gasteiger partial charge in [0.2, 0.25) is 0 Å². The zero-order valence-corrected chi connectivity index (χ0v) is 11.0. The lowest BCUT2D eigenvalue weighted by molar-refractivity contribution is -0.219. The Hall–Kier alpha value is -1.27. The van der Waals surface area contributed by atoms with Gasteiger partial charge in [-0.25, -0.2) is 0 Å². The third-order valence-electron chi connectivity index (χ3n) is 2.71. The Morgan fingerprint density at radius 1 is 1.32 bits per heavy atom. The second-order valence-corrected chi connectivity index (χ2v) is 4.28. The summed E-state index contributed by atoms with van der Waals surface area (Å²) in [6.07, 6.45) is -7.52. The van der Waals surface area contributed by atoms with Crippen LogP contribution in [0.5, 0.6) is 5.75 Å². The molecule has 19 heavy (non-hydrogen) atoms. The van der Waals surface area contributed by atoms with Crippen LogP contribution < -0.4 is 4.74 Å². The molecule has 0 amide bonds. The molecule has 1 rings (SSSR count). The topological polar surface area (TPSA) is 38.7 Å². The fourth-order valence-electron chi connectivity index (χ4n) is 1.53. The number of methoxy groups -OCH3 is 1. The van der Waals surface area contributed by atoms with Crippen molar-refractivity contribution in [2.75, 3.05) is 13.7 Å². The first kappa shape index (κ1) is 15.8. The first-order chi connectivity index (χ1) is 8.75. The van der Waals surface area contributed by atoms with Crippen molar-refractivity contribution in [1.29, 1.82) is 0 Å². The highest BCUT2D eigenvalue weighted by atomic mass is 19.4. The summed E-state index contributed by atoms with van der Waals surface area (Å²) in [6, 6.07) is 5.10. The molecule has 0 saturated carbocycles. The highest BCUT2D eigenvalue weighted by molar-refractivity contribution is 5.38. The number of aryl methyl sites for hydroxylation is 1. The predicted molar refractivity (Wildman–Crippen MR) is 64.2 cm³/mol. The lowest BCUT2D eigenvalue weighted by Gasteiger charge is -2.20. The van der Waals surface area contributed by atoms with Crippen LogP contribution in [0.2, 0.25) is 0 Å². The Balaban J connectivity index is 2.73. The Bertz CT molecular complexity index is 418. The van der Waals surface area contributed by atoms with Gasteiger partial charge in [0.05, 0.1) is 13.7 Å². The minimum atomic E-state index is -4.43. The zero-order chi connectivity index (χ0) is 14.6. The van der Waals surface area contributed by atoms with Gasteiger partial charge in [-0.3, -0.25) is 0 Å². The van der Waals surface area contributed by atoms with Crippen LogP contribution in [0.1, 0.15) is 24.2 Å². The minimum absolute atomic E-state index is 0.414. The maximum atomic E-state index is 12.3. The van der Waals surface area contributed by atoms with E-state index >= 15 is 0 Å². The van der Waals surface area contributed by atoms with Crippen LogP contribution in [-0.2, 0) is 4.74 Å². The van der Waals surface area contributed by atoms with E-state index in [1.807, 2.05) is 6.92 Å². The summed E-state index contributed by atoms with van der Waals surface area (Å²) in [5.41, 5.74) is 1.29. The molecule has 0 aliphatic rings. The van der Waals surface area contributed by atoms with Crippen molar-refractivity contribution in [3.05, 3.63) is 29.3 Å². The maximum absolute atomic E-state index is 12.3. The number of rotatable bonds is 5. The number of halogens is 3. The summed E-state index contributed by atoms with van der Waals surface area (Å²) in [6.45, 7) is 2.27. The minimum Gasteiger partial charge on any atom is -0.496 e. The first-order valence-electron chi connectivity index (χ1n) is 5.76. The molecular weight excluding hydrogens is 261 g/mol. The molecule has 0 spiro atoms. The molecule has 1 aromatic carbocycles. The van der Waals surface area contributed by atoms with E-state index in [-0.39, 0.29) is 0 Å². The van der Waals surface area contributed by atoms with Crippen molar-refractivity contribution in [3.8, 4) is 5.75 Å². The lowest BCUT2D eigenvalue weighted by atomic mass is 10.1. The van der Waals surface area contributed by atoms with Gasteiger partial charge < -0.3 is 14.6 Å². The largest absolute Gasteiger partial charge is 0.496 e. The molecule has 0 aromatic heterocycles. The van der Waals surface area contributed by atoms with Gasteiger partial charge in [0.15, 0.2) is 6.10 Å². The number of hydrogen-bond acceptors (Lipinski definition) is 3. The number of hydrogen-bond donors (Lipinski definition) is 1. The third-order valence-corrected chi connectivity index (χ3v) is 2.71. The molecule has 108 valence electrons. The summed E-state index contributed by atoms with van der Waals surface area (Å²) in [5, 5.41) is 9.90. The average molecular weight is 278 g/mol. The molecule has 0 aliphatic heterocycles. The predicted octanol–water partition coefficient (Wildman–Crippen LogP) is 3.00. The molecule has 0 fully saturated rings. The summed E-state index contributed by atoms with van der Waals surface area (Å²) in [5.74, 6) is 0.418. The molecule has 6 heteroatoms. The molecule has 1 aromatic rings. The van der Waals surface area contributed by atoms with E-state index in [1.165, 1.54) is 7.11 Å². The van der Waals surface area contributed by atoms with E-state index in [9.17, 15) is 18.3 Å². The van der Waals surface area contributed by atoms with Crippen molar-refractivity contribution in [2.24, 2.45) is 0 Å². The van der Waals surface area contributed by atoms with Crippen molar-refractivity contribution in [3.63, 3.8) is 0 Å². The van der Waals surface area contributed by atoms with Gasteiger partial charge in [-0.05, 0) is 26.0 Å². The van der Waals surface area contributed by atoms with Gasteiger partial charge in [-0.2, -0.15) is 13.2 Å². The van der Waals surface area contributed by atoms with E-state index < -0.39 is 25.0 Å². The molecule has 1 N–H and O–H groups in total. The van der Waals surface area contributed by atoms with Gasteiger partial charge >= 0.3 is 6.18 Å². The van der Waals surface area contributed by atoms with Crippen LogP contribution in [0.3, 0.4) is 0 Å². The van der Waals surface area contributed by atoms with Crippen molar-refractivity contribution < 1.29 is 27.8 Å². The normalized spacial score (nSPS) is 15.1. The van der Waals surface area contributed by atoms with E-state index in [1.54, 1.807) is 18.2 Å². The molecule has 2 unspecified atom stereocenters. The molecule has 0 heterocycles. The first-order valence-corrected chi connectivity index (χ1v) is 5.76. The van der Waals surface area contributed by atoms with Crippen LogP contribution in [0.15, 0.2) is 18.2 Å². The van der Waals surface area contributed by atoms with Crippen LogP contribution in [-0.4, -0.2) is 31.1 Å². The Kier molecular flexibility index (Phi) is 5.20. The molecular formula is C13H17F3O3. The van der Waals surface area contributed by atoms with Crippen molar-refractivity contribution >= 4 is 0 Å². The Labute approximate surface area is 110 Å². The Morgan fingerprint density at radius 2 is 1.95 bits per heavy atom. The number of benzene rings is 1. The molecule has 0 radical (unpaired) electrons. The van der Waals surface area contributed by atoms with E-state index in [0.29, 0.717) is 11.3 Å². The van der Waals surface area contributed by atoms with Gasteiger partial charge in [-0.15, -0.1) is 0 Å². The standard InChI is InChI=1S/C13H17F3O3/c1-8-4-5-12(18-3)10(6-8)11(17)7-19-9(2)13(14,15)16/h4-6,9,11,17H,7H2,1-3H3. The SMILES string of the molecule is COc1ccc(C)cc1C(O)COC(C)C(F)(F)F. The summed E-state index contributed by atoms with van der Waals surface area (Å²) in [4.78, 5) is 0. The van der Waals surface area contributed by atoms with Crippen LogP contribution in [0.25, 0.3) is 0 Å². The quantitative estimate of drug-likeness (QED) is 0.899. The summed E-state index contributed by atoms with van der Waals surface area (Å²) in [7, 11) is 1.43. The lowest BCUT2D eigenvalue weighted by Crippen LogP contribution is -2.30.